The van der Waals surface area contributed by atoms with Gasteiger partial charge < -0.3 is 13.4 Å². The highest BCUT2D eigenvalue weighted by Crippen LogP contribution is 2.41. The van der Waals surface area contributed by atoms with Crippen LogP contribution in [0.5, 0.6) is 0 Å². The van der Waals surface area contributed by atoms with Gasteiger partial charge in [-0.2, -0.15) is 0 Å². The van der Waals surface area contributed by atoms with Crippen LogP contribution in [0, 0.1) is 12.3 Å². The van der Waals surface area contributed by atoms with Crippen molar-refractivity contribution in [3.05, 3.63) is 198 Å². The molecule has 0 spiro atoms. The van der Waals surface area contributed by atoms with Crippen molar-refractivity contribution in [3.8, 4) is 52.2 Å². The molecular formula is C58H36N6O2. The van der Waals surface area contributed by atoms with Crippen molar-refractivity contribution in [2.24, 2.45) is 0 Å². The largest absolute Gasteiger partial charge is 0.456 e. The first-order valence-corrected chi connectivity index (χ1v) is 21.7. The van der Waals surface area contributed by atoms with Crippen LogP contribution in [0.3, 0.4) is 0 Å². The molecule has 12 rings (SSSR count). The molecule has 0 amide bonds. The Morgan fingerprint density at radius 3 is 2.24 bits per heavy atom. The Labute approximate surface area is 379 Å². The zero-order chi connectivity index (χ0) is 44.1. The van der Waals surface area contributed by atoms with E-state index in [1.807, 2.05) is 122 Å². The number of allylic oxidation sites excluding steroid dienone is 6. The third-order valence-corrected chi connectivity index (χ3v) is 12.0. The van der Waals surface area contributed by atoms with E-state index in [-0.39, 0.29) is 0 Å². The number of rotatable bonds is 8. The smallest absolute Gasteiger partial charge is 0.180 e. The number of fused-ring (bicyclic) bond motifs is 9. The van der Waals surface area contributed by atoms with Gasteiger partial charge in [0.1, 0.15) is 28.0 Å². The van der Waals surface area contributed by atoms with Crippen molar-refractivity contribution in [2.45, 2.75) is 13.3 Å². The Hall–Kier alpha value is -9.15. The molecule has 0 aliphatic heterocycles. The van der Waals surface area contributed by atoms with Crippen LogP contribution in [-0.4, -0.2) is 29.5 Å². The highest BCUT2D eigenvalue weighted by Gasteiger charge is 2.25. The van der Waals surface area contributed by atoms with E-state index in [2.05, 4.69) is 83.0 Å². The summed E-state index contributed by atoms with van der Waals surface area (Å²) in [5.41, 5.74) is 15.8. The van der Waals surface area contributed by atoms with Crippen LogP contribution in [-0.2, 0) is 0 Å². The Balaban J connectivity index is 1.09. The van der Waals surface area contributed by atoms with Gasteiger partial charge in [0.15, 0.2) is 28.9 Å². The number of para-hydroxylation sites is 3. The molecule has 5 heterocycles. The van der Waals surface area contributed by atoms with E-state index >= 15 is 0 Å². The van der Waals surface area contributed by atoms with Gasteiger partial charge in [0, 0.05) is 62.2 Å². The molecule has 0 N–H and O–H groups in total. The summed E-state index contributed by atoms with van der Waals surface area (Å²) < 4.78 is 15.5. The molecule has 0 unspecified atom stereocenters. The molecular weight excluding hydrogens is 813 g/mol. The van der Waals surface area contributed by atoms with Crippen molar-refractivity contribution in [1.29, 1.82) is 0 Å². The van der Waals surface area contributed by atoms with Gasteiger partial charge in [0.25, 0.3) is 0 Å². The lowest BCUT2D eigenvalue weighted by Gasteiger charge is -2.10. The fraction of sp³-hybridized carbons (Fsp3) is 0.0345. The first kappa shape index (κ1) is 38.5. The van der Waals surface area contributed by atoms with Crippen LogP contribution in [0.1, 0.15) is 36.1 Å². The van der Waals surface area contributed by atoms with Crippen molar-refractivity contribution in [3.63, 3.8) is 0 Å². The number of hydrogen-bond donors (Lipinski definition) is 0. The van der Waals surface area contributed by atoms with Crippen LogP contribution in [0.4, 0.5) is 0 Å². The second-order valence-corrected chi connectivity index (χ2v) is 16.1. The average Bonchev–Trinajstić information content (AvgIpc) is 3.98. The summed E-state index contributed by atoms with van der Waals surface area (Å²) >= 11 is 0. The molecule has 0 fully saturated rings. The number of terminal acetylenes is 1. The van der Waals surface area contributed by atoms with E-state index < -0.39 is 0 Å². The Morgan fingerprint density at radius 2 is 1.39 bits per heavy atom. The number of furan rings is 2. The number of nitrogens with zero attached hydrogens (tertiary/aromatic N) is 6. The van der Waals surface area contributed by atoms with Crippen molar-refractivity contribution in [2.75, 3.05) is 0 Å². The van der Waals surface area contributed by atoms with Crippen LogP contribution in [0.2, 0.25) is 0 Å². The molecule has 8 heteroatoms. The molecule has 0 saturated carbocycles. The van der Waals surface area contributed by atoms with E-state index in [1.54, 1.807) is 0 Å². The SMILES string of the molecule is C#CC/C=C\C=C(/C)c1nc(C2=Cc3c(n(-c4ccccc4)c4ccccc34)C=C=C2)c2oc3cccc(-c4nc(-c5ccccc5)nc(-c5ccc6c(c5)oc5ccccc56)n4)c3c2n1. The first-order chi connectivity index (χ1) is 32.6. The molecule has 5 aromatic heterocycles. The number of hydrogen-bond acceptors (Lipinski definition) is 7. The number of aromatic nitrogens is 6. The van der Waals surface area contributed by atoms with Gasteiger partial charge in [-0.1, -0.05) is 121 Å². The Kier molecular flexibility index (Phi) is 9.27. The van der Waals surface area contributed by atoms with Gasteiger partial charge in [-0.25, -0.2) is 24.9 Å². The zero-order valence-electron chi connectivity index (χ0n) is 35.6. The molecule has 11 aromatic rings. The topological polar surface area (TPSA) is 95.7 Å². The first-order valence-electron chi connectivity index (χ1n) is 21.7. The summed E-state index contributed by atoms with van der Waals surface area (Å²) in [6, 6.07) is 48.9. The lowest BCUT2D eigenvalue weighted by atomic mass is 10.0. The standard InChI is InChI=1S/C58H36N6O2/c1-3-4-5-8-19-36(2)55-59-52(38-22-17-29-47-45(34-38)41-25-13-15-28-46(41)64(47)40-23-11-7-12-24-40)54-53(60-55)51-44(27-18-31-49(51)66-54)58-62-56(37-20-9-6-10-21-37)61-57(63-58)39-32-33-43-42-26-14-16-30-48(42)65-50(43)35-39/h1,5-16,18-35H,4H2,2H3/b8-5-,36-19+. The highest BCUT2D eigenvalue weighted by atomic mass is 16.3. The van der Waals surface area contributed by atoms with E-state index in [0.29, 0.717) is 52.1 Å². The molecule has 6 aromatic carbocycles. The van der Waals surface area contributed by atoms with Crippen LogP contribution in [0.15, 0.2) is 184 Å². The molecule has 0 bridgehead atoms. The van der Waals surface area contributed by atoms with E-state index in [4.69, 9.17) is 40.2 Å². The molecule has 1 aliphatic rings. The van der Waals surface area contributed by atoms with Gasteiger partial charge in [0.05, 0.1) is 16.6 Å². The molecule has 0 saturated heterocycles. The van der Waals surface area contributed by atoms with Crippen molar-refractivity contribution >= 4 is 78.2 Å². The van der Waals surface area contributed by atoms with Crippen LogP contribution < -0.4 is 0 Å². The zero-order valence-corrected chi connectivity index (χ0v) is 35.6. The predicted molar refractivity (Wildman–Crippen MR) is 266 cm³/mol. The lowest BCUT2D eigenvalue weighted by Crippen LogP contribution is -2.01. The Bertz CT molecular complexity index is 3960. The molecule has 1 aliphatic carbocycles. The summed E-state index contributed by atoms with van der Waals surface area (Å²) in [4.78, 5) is 26.0. The van der Waals surface area contributed by atoms with Gasteiger partial charge in [0.2, 0.25) is 0 Å². The van der Waals surface area contributed by atoms with E-state index in [0.717, 1.165) is 83.0 Å². The minimum atomic E-state index is 0.470. The Morgan fingerprint density at radius 1 is 0.667 bits per heavy atom. The molecule has 8 nitrogen and oxygen atoms in total. The van der Waals surface area contributed by atoms with E-state index in [9.17, 15) is 0 Å². The number of benzene rings is 6. The average molecular weight is 849 g/mol. The molecule has 0 atom stereocenters. The predicted octanol–water partition coefficient (Wildman–Crippen LogP) is 14.1. The maximum atomic E-state index is 6.88. The summed E-state index contributed by atoms with van der Waals surface area (Å²) in [6.45, 7) is 2.00. The molecule has 66 heavy (non-hydrogen) atoms. The monoisotopic (exact) mass is 848 g/mol. The van der Waals surface area contributed by atoms with Crippen molar-refractivity contribution < 1.29 is 8.83 Å². The second kappa shape index (κ2) is 15.9. The quantitative estimate of drug-likeness (QED) is 0.0853. The third-order valence-electron chi connectivity index (χ3n) is 12.0. The van der Waals surface area contributed by atoms with Gasteiger partial charge in [-0.3, -0.25) is 0 Å². The minimum absolute atomic E-state index is 0.470. The third kappa shape index (κ3) is 6.55. The lowest BCUT2D eigenvalue weighted by molar-refractivity contribution is 0.664. The fourth-order valence-electron chi connectivity index (χ4n) is 8.85. The van der Waals surface area contributed by atoms with Crippen LogP contribution in [0.25, 0.3) is 118 Å². The maximum absolute atomic E-state index is 6.88. The van der Waals surface area contributed by atoms with Crippen LogP contribution >= 0.6 is 0 Å². The van der Waals surface area contributed by atoms with Crippen molar-refractivity contribution in [1.82, 2.24) is 29.5 Å². The summed E-state index contributed by atoms with van der Waals surface area (Å²) in [6.07, 6.45) is 18.1. The maximum Gasteiger partial charge on any atom is 0.180 e. The van der Waals surface area contributed by atoms with E-state index in [1.165, 1.54) is 0 Å². The normalized spacial score (nSPS) is 12.7. The minimum Gasteiger partial charge on any atom is -0.456 e. The molecule has 0 radical (unpaired) electrons. The summed E-state index contributed by atoms with van der Waals surface area (Å²) in [5, 5.41) is 3.94. The highest BCUT2D eigenvalue weighted by molar-refractivity contribution is 6.14. The summed E-state index contributed by atoms with van der Waals surface area (Å²) in [7, 11) is 0. The second-order valence-electron chi connectivity index (χ2n) is 16.1. The summed E-state index contributed by atoms with van der Waals surface area (Å²) in [5.74, 6) is 4.72. The fourth-order valence-corrected chi connectivity index (χ4v) is 8.85. The van der Waals surface area contributed by atoms with Gasteiger partial charge >= 0.3 is 0 Å². The van der Waals surface area contributed by atoms with Gasteiger partial charge in [-0.15, -0.1) is 18.1 Å². The molecule has 310 valence electrons. The van der Waals surface area contributed by atoms with Gasteiger partial charge in [-0.05, 0) is 67.1 Å².